The lowest BCUT2D eigenvalue weighted by Gasteiger charge is -2.28. The molecule has 3 nitrogen and oxygen atoms in total. The summed E-state index contributed by atoms with van der Waals surface area (Å²) in [7, 11) is 2.04. The Morgan fingerprint density at radius 3 is 1.37 bits per heavy atom. The Morgan fingerprint density at radius 2 is 0.935 bits per heavy atom. The van der Waals surface area contributed by atoms with E-state index < -0.39 is 0 Å². The lowest BCUT2D eigenvalue weighted by Crippen LogP contribution is -2.31. The SMILES string of the molecule is CCCCC/C=C\C/C=C\CCCCCCCCC1(CCCCCCCC/C=C\C/C=C\CCCCC)OCC(CCCNC)O1. The van der Waals surface area contributed by atoms with E-state index in [0.717, 1.165) is 51.7 Å². The van der Waals surface area contributed by atoms with Crippen LogP contribution >= 0.6 is 0 Å². The summed E-state index contributed by atoms with van der Waals surface area (Å²) in [4.78, 5) is 0. The number of ether oxygens (including phenoxy) is 2. The van der Waals surface area contributed by atoms with Crippen molar-refractivity contribution in [2.24, 2.45) is 0 Å². The van der Waals surface area contributed by atoms with Crippen LogP contribution in [-0.4, -0.2) is 32.1 Å². The fourth-order valence-electron chi connectivity index (χ4n) is 6.42. The Bertz CT molecular complexity index is 691. The van der Waals surface area contributed by atoms with Crippen molar-refractivity contribution in [1.82, 2.24) is 5.32 Å². The molecule has 1 aliphatic heterocycles. The van der Waals surface area contributed by atoms with Crippen LogP contribution in [0.5, 0.6) is 0 Å². The average Bonchev–Trinajstić information content (AvgIpc) is 3.47. The summed E-state index contributed by atoms with van der Waals surface area (Å²) in [5.74, 6) is -0.311. The maximum Gasteiger partial charge on any atom is 0.168 e. The first-order valence-corrected chi connectivity index (χ1v) is 20.3. The lowest BCUT2D eigenvalue weighted by molar-refractivity contribution is -0.180. The molecule has 1 saturated heterocycles. The van der Waals surface area contributed by atoms with Crippen LogP contribution in [0, 0.1) is 0 Å². The molecule has 0 radical (unpaired) electrons. The first-order chi connectivity index (χ1) is 22.8. The van der Waals surface area contributed by atoms with Gasteiger partial charge in [-0.05, 0) is 103 Å². The van der Waals surface area contributed by atoms with Crippen LogP contribution in [0.1, 0.15) is 194 Å². The van der Waals surface area contributed by atoms with E-state index in [1.54, 1.807) is 0 Å². The minimum absolute atomic E-state index is 0.280. The van der Waals surface area contributed by atoms with Crippen molar-refractivity contribution in [1.29, 1.82) is 0 Å². The van der Waals surface area contributed by atoms with Crippen LogP contribution in [0.3, 0.4) is 0 Å². The van der Waals surface area contributed by atoms with E-state index in [-0.39, 0.29) is 11.9 Å². The molecule has 0 aromatic rings. The first-order valence-electron chi connectivity index (χ1n) is 20.3. The third kappa shape index (κ3) is 26.9. The molecule has 1 heterocycles. The van der Waals surface area contributed by atoms with E-state index in [0.29, 0.717) is 0 Å². The fourth-order valence-corrected chi connectivity index (χ4v) is 6.42. The van der Waals surface area contributed by atoms with Gasteiger partial charge in [-0.3, -0.25) is 0 Å². The third-order valence-corrected chi connectivity index (χ3v) is 9.38. The Hall–Kier alpha value is -1.16. The van der Waals surface area contributed by atoms with Gasteiger partial charge in [-0.1, -0.05) is 140 Å². The summed E-state index contributed by atoms with van der Waals surface area (Å²) >= 11 is 0. The van der Waals surface area contributed by atoms with E-state index in [1.165, 1.54) is 141 Å². The van der Waals surface area contributed by atoms with Gasteiger partial charge in [0.25, 0.3) is 0 Å². The van der Waals surface area contributed by atoms with E-state index in [2.05, 4.69) is 67.8 Å². The van der Waals surface area contributed by atoms with Gasteiger partial charge in [0.2, 0.25) is 0 Å². The van der Waals surface area contributed by atoms with Crippen molar-refractivity contribution in [3.63, 3.8) is 0 Å². The maximum atomic E-state index is 6.67. The first kappa shape index (κ1) is 42.9. The molecule has 268 valence electrons. The third-order valence-electron chi connectivity index (χ3n) is 9.38. The Balaban J connectivity index is 2.15. The quantitative estimate of drug-likeness (QED) is 0.0560. The molecule has 0 saturated carbocycles. The second-order valence-corrected chi connectivity index (χ2v) is 13.9. The highest BCUT2D eigenvalue weighted by Gasteiger charge is 2.40. The van der Waals surface area contributed by atoms with Crippen LogP contribution in [-0.2, 0) is 9.47 Å². The van der Waals surface area contributed by atoms with Gasteiger partial charge < -0.3 is 14.8 Å². The van der Waals surface area contributed by atoms with Crippen molar-refractivity contribution < 1.29 is 9.47 Å². The largest absolute Gasteiger partial charge is 0.347 e. The van der Waals surface area contributed by atoms with Crippen molar-refractivity contribution in [2.45, 2.75) is 206 Å². The number of hydrogen-bond donors (Lipinski definition) is 1. The predicted octanol–water partition coefficient (Wildman–Crippen LogP) is 13.5. The van der Waals surface area contributed by atoms with Crippen molar-refractivity contribution in [3.05, 3.63) is 48.6 Å². The van der Waals surface area contributed by atoms with E-state index >= 15 is 0 Å². The molecule has 1 rings (SSSR count). The minimum Gasteiger partial charge on any atom is -0.347 e. The van der Waals surface area contributed by atoms with Crippen molar-refractivity contribution in [3.8, 4) is 0 Å². The van der Waals surface area contributed by atoms with E-state index in [4.69, 9.17) is 9.47 Å². The highest BCUT2D eigenvalue weighted by atomic mass is 16.7. The Labute approximate surface area is 288 Å². The van der Waals surface area contributed by atoms with Crippen LogP contribution < -0.4 is 5.32 Å². The van der Waals surface area contributed by atoms with Gasteiger partial charge in [-0.25, -0.2) is 0 Å². The highest BCUT2D eigenvalue weighted by Crippen LogP contribution is 2.36. The molecule has 3 heteroatoms. The minimum atomic E-state index is -0.311. The Morgan fingerprint density at radius 1 is 0.522 bits per heavy atom. The molecule has 0 amide bonds. The van der Waals surface area contributed by atoms with E-state index in [1.807, 2.05) is 7.05 Å². The standard InChI is InChI=1S/C43H79NO2/c1-4-6-8-10-12-14-16-18-20-22-24-26-28-30-32-34-38-43(45-41-42(46-43)37-36-40-44-3)39-35-33-31-29-27-25-23-21-19-17-15-13-11-9-7-5-2/h12-15,18-21,42,44H,4-11,16-17,22-41H2,1-3H3/b14-12-,15-13-,20-18-,21-19-. The number of allylic oxidation sites excluding steroid dienone is 8. The van der Waals surface area contributed by atoms with Crippen LogP contribution in [0.4, 0.5) is 0 Å². The zero-order chi connectivity index (χ0) is 33.1. The van der Waals surface area contributed by atoms with Crippen molar-refractivity contribution in [2.75, 3.05) is 20.2 Å². The van der Waals surface area contributed by atoms with E-state index in [9.17, 15) is 0 Å². The fraction of sp³-hybridized carbons (Fsp3) is 0.814. The summed E-state index contributed by atoms with van der Waals surface area (Å²) < 4.78 is 13.1. The van der Waals surface area contributed by atoms with Gasteiger partial charge in [-0.2, -0.15) is 0 Å². The summed E-state index contributed by atoms with van der Waals surface area (Å²) in [5, 5.41) is 3.27. The molecule has 1 aliphatic rings. The Kier molecular flexibility index (Phi) is 31.4. The molecular formula is C43H79NO2. The smallest absolute Gasteiger partial charge is 0.168 e. The second-order valence-electron chi connectivity index (χ2n) is 13.9. The number of unbranched alkanes of at least 4 members (excludes halogenated alkanes) is 18. The summed E-state index contributed by atoms with van der Waals surface area (Å²) in [6.07, 6.45) is 54.6. The predicted molar refractivity (Wildman–Crippen MR) is 205 cm³/mol. The normalized spacial score (nSPS) is 16.8. The van der Waals surface area contributed by atoms with Gasteiger partial charge >= 0.3 is 0 Å². The molecular weight excluding hydrogens is 562 g/mol. The number of hydrogen-bond acceptors (Lipinski definition) is 3. The molecule has 0 spiro atoms. The molecule has 0 aromatic heterocycles. The van der Waals surface area contributed by atoms with Gasteiger partial charge in [0, 0.05) is 12.8 Å². The van der Waals surface area contributed by atoms with Crippen molar-refractivity contribution >= 4 is 0 Å². The highest BCUT2D eigenvalue weighted by molar-refractivity contribution is 4.93. The molecule has 1 N–H and O–H groups in total. The number of rotatable bonds is 34. The molecule has 0 aliphatic carbocycles. The van der Waals surface area contributed by atoms with Gasteiger partial charge in [0.1, 0.15) is 0 Å². The monoisotopic (exact) mass is 642 g/mol. The molecule has 1 atom stereocenters. The molecule has 1 fully saturated rings. The molecule has 1 unspecified atom stereocenters. The zero-order valence-corrected chi connectivity index (χ0v) is 31.2. The summed E-state index contributed by atoms with van der Waals surface area (Å²) in [5.41, 5.74) is 0. The van der Waals surface area contributed by atoms with Gasteiger partial charge in [0.05, 0.1) is 12.7 Å². The lowest BCUT2D eigenvalue weighted by atomic mass is 9.98. The van der Waals surface area contributed by atoms with Crippen LogP contribution in [0.25, 0.3) is 0 Å². The van der Waals surface area contributed by atoms with Crippen LogP contribution in [0.2, 0.25) is 0 Å². The molecule has 0 bridgehead atoms. The average molecular weight is 642 g/mol. The second kappa shape index (κ2) is 33.7. The summed E-state index contributed by atoms with van der Waals surface area (Å²) in [6.45, 7) is 6.38. The number of nitrogens with one attached hydrogen (secondary N) is 1. The molecule has 0 aromatic carbocycles. The molecule has 46 heavy (non-hydrogen) atoms. The zero-order valence-electron chi connectivity index (χ0n) is 31.2. The summed E-state index contributed by atoms with van der Waals surface area (Å²) in [6, 6.07) is 0. The van der Waals surface area contributed by atoms with Gasteiger partial charge in [0.15, 0.2) is 5.79 Å². The van der Waals surface area contributed by atoms with Gasteiger partial charge in [-0.15, -0.1) is 0 Å². The topological polar surface area (TPSA) is 30.5 Å². The maximum absolute atomic E-state index is 6.67. The van der Waals surface area contributed by atoms with Crippen LogP contribution in [0.15, 0.2) is 48.6 Å².